The molecule has 0 saturated carbocycles. The zero-order chi connectivity index (χ0) is 11.5. The maximum absolute atomic E-state index is 10.2. The van der Waals surface area contributed by atoms with Crippen molar-refractivity contribution in [2.45, 2.75) is 58.9 Å². The molecule has 0 aliphatic rings. The molecule has 15 heavy (non-hydrogen) atoms. The molecule has 2 heteroatoms. The van der Waals surface area contributed by atoms with Crippen molar-refractivity contribution in [1.29, 1.82) is 0 Å². The molecule has 0 rings (SSSR count). The van der Waals surface area contributed by atoms with Gasteiger partial charge in [-0.3, -0.25) is 4.79 Å². The van der Waals surface area contributed by atoms with Crippen LogP contribution in [0.1, 0.15) is 52.9 Å². The molecular weight excluding hydrogens is 186 g/mol. The Morgan fingerprint density at radius 1 is 1.20 bits per heavy atom. The fourth-order valence-electron chi connectivity index (χ4n) is 1.43. The van der Waals surface area contributed by atoms with Crippen LogP contribution in [-0.4, -0.2) is 12.5 Å². The van der Waals surface area contributed by atoms with Crippen molar-refractivity contribution in [1.82, 2.24) is 5.32 Å². The Kier molecular flexibility index (Phi) is 9.24. The van der Waals surface area contributed by atoms with E-state index in [0.717, 1.165) is 12.8 Å². The first-order valence-electron chi connectivity index (χ1n) is 6.08. The fraction of sp³-hybridized carbons (Fsp3) is 0.769. The zero-order valence-electron chi connectivity index (χ0n) is 10.3. The van der Waals surface area contributed by atoms with Crippen molar-refractivity contribution in [3.8, 4) is 0 Å². The highest BCUT2D eigenvalue weighted by Gasteiger charge is 2.06. The second-order valence-corrected chi connectivity index (χ2v) is 4.21. The van der Waals surface area contributed by atoms with Gasteiger partial charge in [0.2, 0.25) is 6.41 Å². The standard InChI is InChI=1S/C13H25NO/c1-4-5-6-7-8-9-10-12(2)13(3)14-11-15/h9-13H,4-8H2,1-3H3,(H,14,15)/b10-9-. The lowest BCUT2D eigenvalue weighted by molar-refractivity contribution is -0.110. The van der Waals surface area contributed by atoms with Crippen molar-refractivity contribution in [2.75, 3.05) is 0 Å². The molecule has 0 aliphatic carbocycles. The molecule has 0 saturated heterocycles. The highest BCUT2D eigenvalue weighted by atomic mass is 16.1. The minimum atomic E-state index is 0.231. The van der Waals surface area contributed by atoms with Gasteiger partial charge in [0.05, 0.1) is 0 Å². The van der Waals surface area contributed by atoms with Crippen LogP contribution >= 0.6 is 0 Å². The van der Waals surface area contributed by atoms with Crippen molar-refractivity contribution < 1.29 is 4.79 Å². The van der Waals surface area contributed by atoms with Gasteiger partial charge in [-0.1, -0.05) is 45.3 Å². The summed E-state index contributed by atoms with van der Waals surface area (Å²) in [5.74, 6) is 0.418. The average Bonchev–Trinajstić information content (AvgIpc) is 2.23. The number of unbranched alkanes of at least 4 members (excludes halogenated alkanes) is 4. The van der Waals surface area contributed by atoms with Gasteiger partial charge in [0.25, 0.3) is 0 Å². The van der Waals surface area contributed by atoms with Gasteiger partial charge in [0.15, 0.2) is 0 Å². The van der Waals surface area contributed by atoms with Gasteiger partial charge in [-0.15, -0.1) is 0 Å². The zero-order valence-corrected chi connectivity index (χ0v) is 10.3. The van der Waals surface area contributed by atoms with Gasteiger partial charge in [-0.2, -0.15) is 0 Å². The van der Waals surface area contributed by atoms with E-state index in [9.17, 15) is 4.79 Å². The quantitative estimate of drug-likeness (QED) is 0.354. The highest BCUT2D eigenvalue weighted by Crippen LogP contribution is 2.07. The largest absolute Gasteiger partial charge is 0.356 e. The molecular formula is C13H25NO. The third-order valence-electron chi connectivity index (χ3n) is 2.78. The average molecular weight is 211 g/mol. The number of rotatable bonds is 9. The molecule has 2 atom stereocenters. The van der Waals surface area contributed by atoms with Crippen LogP contribution in [-0.2, 0) is 4.79 Å². The van der Waals surface area contributed by atoms with Gasteiger partial charge < -0.3 is 5.32 Å². The second-order valence-electron chi connectivity index (χ2n) is 4.21. The number of hydrogen-bond donors (Lipinski definition) is 1. The number of allylic oxidation sites excluding steroid dienone is 1. The van der Waals surface area contributed by atoms with E-state index in [1.54, 1.807) is 0 Å². The summed E-state index contributed by atoms with van der Waals surface area (Å²) in [6, 6.07) is 0.231. The summed E-state index contributed by atoms with van der Waals surface area (Å²) < 4.78 is 0. The Bertz CT molecular complexity index is 177. The van der Waals surface area contributed by atoms with Gasteiger partial charge in [0, 0.05) is 6.04 Å². The molecule has 0 aromatic rings. The van der Waals surface area contributed by atoms with E-state index in [-0.39, 0.29) is 6.04 Å². The third-order valence-corrected chi connectivity index (χ3v) is 2.78. The summed E-state index contributed by atoms with van der Waals surface area (Å²) in [5, 5.41) is 2.77. The van der Waals surface area contributed by atoms with Crippen molar-refractivity contribution in [3.05, 3.63) is 12.2 Å². The van der Waals surface area contributed by atoms with E-state index in [1.807, 2.05) is 6.92 Å². The molecule has 0 radical (unpaired) electrons. The Morgan fingerprint density at radius 3 is 2.53 bits per heavy atom. The summed E-state index contributed by atoms with van der Waals surface area (Å²) >= 11 is 0. The first-order chi connectivity index (χ1) is 7.22. The predicted molar refractivity (Wildman–Crippen MR) is 65.7 cm³/mol. The summed E-state index contributed by atoms with van der Waals surface area (Å²) in [7, 11) is 0. The maximum atomic E-state index is 10.2. The van der Waals surface area contributed by atoms with Crippen LogP contribution in [0.5, 0.6) is 0 Å². The van der Waals surface area contributed by atoms with Crippen LogP contribution in [0.3, 0.4) is 0 Å². The smallest absolute Gasteiger partial charge is 0.207 e. The van der Waals surface area contributed by atoms with Crippen molar-refractivity contribution >= 4 is 6.41 Å². The lowest BCUT2D eigenvalue weighted by Crippen LogP contribution is -2.29. The molecule has 88 valence electrons. The van der Waals surface area contributed by atoms with Crippen LogP contribution in [0.15, 0.2) is 12.2 Å². The molecule has 0 aliphatic heterocycles. The van der Waals surface area contributed by atoms with Crippen LogP contribution in [0.25, 0.3) is 0 Å². The predicted octanol–water partition coefficient (Wildman–Crippen LogP) is 3.28. The SMILES string of the molecule is CCCCCC/C=C\C(C)C(C)NC=O. The minimum absolute atomic E-state index is 0.231. The molecule has 1 N–H and O–H groups in total. The maximum Gasteiger partial charge on any atom is 0.207 e. The Labute approximate surface area is 94.1 Å². The molecule has 2 nitrogen and oxygen atoms in total. The van der Waals surface area contributed by atoms with Crippen LogP contribution in [0, 0.1) is 5.92 Å². The molecule has 0 aromatic carbocycles. The minimum Gasteiger partial charge on any atom is -0.356 e. The lowest BCUT2D eigenvalue weighted by atomic mass is 10.0. The molecule has 0 fully saturated rings. The summed E-state index contributed by atoms with van der Waals surface area (Å²) in [5.41, 5.74) is 0. The molecule has 0 aromatic heterocycles. The van der Waals surface area contributed by atoms with E-state index in [1.165, 1.54) is 25.7 Å². The lowest BCUT2D eigenvalue weighted by Gasteiger charge is -2.14. The molecule has 2 unspecified atom stereocenters. The first-order valence-corrected chi connectivity index (χ1v) is 6.08. The van der Waals surface area contributed by atoms with Gasteiger partial charge in [0.1, 0.15) is 0 Å². The summed E-state index contributed by atoms with van der Waals surface area (Å²) in [4.78, 5) is 10.2. The van der Waals surface area contributed by atoms with Crippen LogP contribution in [0.4, 0.5) is 0 Å². The van der Waals surface area contributed by atoms with Crippen LogP contribution < -0.4 is 5.32 Å². The van der Waals surface area contributed by atoms with Gasteiger partial charge in [-0.05, 0) is 25.7 Å². The van der Waals surface area contributed by atoms with Crippen molar-refractivity contribution in [2.24, 2.45) is 5.92 Å². The molecule has 0 spiro atoms. The van der Waals surface area contributed by atoms with Crippen molar-refractivity contribution in [3.63, 3.8) is 0 Å². The van der Waals surface area contributed by atoms with E-state index in [0.29, 0.717) is 5.92 Å². The number of carbonyl (C=O) groups excluding carboxylic acids is 1. The summed E-state index contributed by atoms with van der Waals surface area (Å²) in [6.45, 7) is 6.38. The van der Waals surface area contributed by atoms with Gasteiger partial charge in [-0.25, -0.2) is 0 Å². The number of carbonyl (C=O) groups is 1. The Hall–Kier alpha value is -0.790. The van der Waals surface area contributed by atoms with E-state index < -0.39 is 0 Å². The monoisotopic (exact) mass is 211 g/mol. The van der Waals surface area contributed by atoms with E-state index >= 15 is 0 Å². The topological polar surface area (TPSA) is 29.1 Å². The Morgan fingerprint density at radius 2 is 1.93 bits per heavy atom. The number of hydrogen-bond acceptors (Lipinski definition) is 1. The second kappa shape index (κ2) is 9.75. The van der Waals surface area contributed by atoms with E-state index in [4.69, 9.17) is 0 Å². The fourth-order valence-corrected chi connectivity index (χ4v) is 1.43. The van der Waals surface area contributed by atoms with E-state index in [2.05, 4.69) is 31.3 Å². The third kappa shape index (κ3) is 8.22. The Balaban J connectivity index is 3.52. The summed E-state index contributed by atoms with van der Waals surface area (Å²) in [6.07, 6.45) is 11.6. The van der Waals surface area contributed by atoms with Crippen LogP contribution in [0.2, 0.25) is 0 Å². The molecule has 0 heterocycles. The number of nitrogens with one attached hydrogen (secondary N) is 1. The molecule has 1 amide bonds. The van der Waals surface area contributed by atoms with Gasteiger partial charge >= 0.3 is 0 Å². The normalized spacial score (nSPS) is 15.1. The molecule has 0 bridgehead atoms. The first kappa shape index (κ1) is 14.2. The number of amides is 1. The highest BCUT2D eigenvalue weighted by molar-refractivity contribution is 5.46.